The highest BCUT2D eigenvalue weighted by Crippen LogP contribution is 2.23. The summed E-state index contributed by atoms with van der Waals surface area (Å²) in [6.45, 7) is 7.78. The van der Waals surface area contributed by atoms with E-state index in [2.05, 4.69) is 25.8 Å². The molecule has 0 spiro atoms. The molecule has 26 heavy (non-hydrogen) atoms. The molecule has 0 aliphatic carbocycles. The third-order valence-corrected chi connectivity index (χ3v) is 5.35. The Labute approximate surface area is 162 Å². The van der Waals surface area contributed by atoms with Gasteiger partial charge >= 0.3 is 0 Å². The SMILES string of the molecule is COc1ccc(Cl)cc1C(=O)/N=c1\sn(C(C)(C)C)cc1CCC(C)=O. The second kappa shape index (κ2) is 8.18. The molecule has 0 radical (unpaired) electrons. The first-order valence-electron chi connectivity index (χ1n) is 8.26. The van der Waals surface area contributed by atoms with Gasteiger partial charge in [0, 0.05) is 28.7 Å². The highest BCUT2D eigenvalue weighted by atomic mass is 35.5. The Morgan fingerprint density at radius 1 is 1.31 bits per heavy atom. The van der Waals surface area contributed by atoms with Gasteiger partial charge in [0.25, 0.3) is 5.91 Å². The lowest BCUT2D eigenvalue weighted by Crippen LogP contribution is -2.18. The van der Waals surface area contributed by atoms with Crippen molar-refractivity contribution in [1.82, 2.24) is 3.96 Å². The molecule has 0 saturated carbocycles. The fourth-order valence-electron chi connectivity index (χ4n) is 2.28. The molecule has 2 rings (SSSR count). The number of benzene rings is 1. The normalized spacial score (nSPS) is 12.3. The molecule has 0 aliphatic heterocycles. The third-order valence-electron chi connectivity index (χ3n) is 3.74. The topological polar surface area (TPSA) is 60.7 Å². The van der Waals surface area contributed by atoms with E-state index in [0.717, 1.165) is 5.56 Å². The van der Waals surface area contributed by atoms with Gasteiger partial charge in [0.2, 0.25) is 0 Å². The quantitative estimate of drug-likeness (QED) is 0.762. The van der Waals surface area contributed by atoms with Crippen LogP contribution < -0.4 is 9.41 Å². The maximum Gasteiger partial charge on any atom is 0.282 e. The molecule has 0 atom stereocenters. The number of carbonyl (C=O) groups is 2. The minimum absolute atomic E-state index is 0.104. The molecule has 0 N–H and O–H groups in total. The van der Waals surface area contributed by atoms with E-state index in [-0.39, 0.29) is 11.3 Å². The van der Waals surface area contributed by atoms with Gasteiger partial charge in [-0.15, -0.1) is 0 Å². The van der Waals surface area contributed by atoms with Crippen molar-refractivity contribution in [1.29, 1.82) is 0 Å². The van der Waals surface area contributed by atoms with Crippen LogP contribution in [-0.4, -0.2) is 22.8 Å². The standard InChI is InChI=1S/C19H23ClN2O3S/c1-12(23)6-7-13-11-22(19(2,3)4)26-18(13)21-17(24)15-10-14(20)8-9-16(15)25-5/h8-11H,6-7H2,1-5H3/b21-18-. The van der Waals surface area contributed by atoms with Crippen molar-refractivity contribution in [2.75, 3.05) is 7.11 Å². The molecule has 1 amide bonds. The van der Waals surface area contributed by atoms with E-state index in [4.69, 9.17) is 16.3 Å². The molecule has 0 bridgehead atoms. The second-order valence-corrected chi connectivity index (χ2v) is 8.41. The molecule has 0 saturated heterocycles. The van der Waals surface area contributed by atoms with E-state index in [1.165, 1.54) is 18.6 Å². The van der Waals surface area contributed by atoms with Crippen molar-refractivity contribution in [3.8, 4) is 5.75 Å². The molecule has 0 aliphatic rings. The Morgan fingerprint density at radius 3 is 2.58 bits per heavy atom. The van der Waals surface area contributed by atoms with Crippen LogP contribution >= 0.6 is 23.1 Å². The van der Waals surface area contributed by atoms with Gasteiger partial charge in [0.15, 0.2) is 0 Å². The molecule has 0 fully saturated rings. The smallest absolute Gasteiger partial charge is 0.282 e. The lowest BCUT2D eigenvalue weighted by atomic mass is 10.1. The molecule has 1 aromatic carbocycles. The fraction of sp³-hybridized carbons (Fsp3) is 0.421. The summed E-state index contributed by atoms with van der Waals surface area (Å²) in [6, 6.07) is 4.85. The molecular weight excluding hydrogens is 372 g/mol. The first kappa shape index (κ1) is 20.4. The first-order valence-corrected chi connectivity index (χ1v) is 9.41. The summed E-state index contributed by atoms with van der Waals surface area (Å²) in [5, 5.41) is 0.442. The maximum atomic E-state index is 12.7. The molecule has 140 valence electrons. The monoisotopic (exact) mass is 394 g/mol. The van der Waals surface area contributed by atoms with Crippen LogP contribution in [0.1, 0.15) is 50.0 Å². The highest BCUT2D eigenvalue weighted by molar-refractivity contribution is 7.04. The highest BCUT2D eigenvalue weighted by Gasteiger charge is 2.18. The Kier molecular flexibility index (Phi) is 6.42. The number of nitrogens with zero attached hydrogens (tertiary/aromatic N) is 2. The average molecular weight is 395 g/mol. The van der Waals surface area contributed by atoms with Gasteiger partial charge in [0.05, 0.1) is 12.7 Å². The van der Waals surface area contributed by atoms with Gasteiger partial charge < -0.3 is 9.53 Å². The summed E-state index contributed by atoms with van der Waals surface area (Å²) < 4.78 is 7.89. The minimum atomic E-state index is -0.420. The summed E-state index contributed by atoms with van der Waals surface area (Å²) >= 11 is 7.42. The zero-order valence-electron chi connectivity index (χ0n) is 15.6. The summed E-state index contributed by atoms with van der Waals surface area (Å²) in [5.74, 6) is 0.109. The van der Waals surface area contributed by atoms with Crippen LogP contribution in [0, 0.1) is 0 Å². The number of Topliss-reactive ketones (excluding diaryl/α,β-unsaturated/α-hetero) is 1. The predicted octanol–water partition coefficient (Wildman–Crippen LogP) is 4.23. The minimum Gasteiger partial charge on any atom is -0.496 e. The molecule has 5 nitrogen and oxygen atoms in total. The number of ketones is 1. The molecule has 7 heteroatoms. The molecule has 1 aromatic heterocycles. The number of aryl methyl sites for hydroxylation is 1. The zero-order valence-corrected chi connectivity index (χ0v) is 17.2. The van der Waals surface area contributed by atoms with Crippen molar-refractivity contribution in [2.45, 2.75) is 46.1 Å². The number of aromatic nitrogens is 1. The maximum absolute atomic E-state index is 12.7. The van der Waals surface area contributed by atoms with Gasteiger partial charge in [0.1, 0.15) is 16.2 Å². The van der Waals surface area contributed by atoms with Crippen LogP contribution in [0.4, 0.5) is 0 Å². The van der Waals surface area contributed by atoms with Crippen LogP contribution in [0.3, 0.4) is 0 Å². The predicted molar refractivity (Wildman–Crippen MR) is 104 cm³/mol. The van der Waals surface area contributed by atoms with Crippen LogP contribution in [0.5, 0.6) is 5.75 Å². The summed E-state index contributed by atoms with van der Waals surface area (Å²) in [4.78, 5) is 28.4. The number of carbonyl (C=O) groups excluding carboxylic acids is 2. The van der Waals surface area contributed by atoms with Crippen molar-refractivity contribution < 1.29 is 14.3 Å². The number of hydrogen-bond donors (Lipinski definition) is 0. The van der Waals surface area contributed by atoms with Crippen LogP contribution in [0.25, 0.3) is 0 Å². The number of halogens is 1. The van der Waals surface area contributed by atoms with Gasteiger partial charge in [-0.3, -0.25) is 8.75 Å². The third kappa shape index (κ3) is 5.05. The molecule has 2 aromatic rings. The Morgan fingerprint density at radius 2 is 2.00 bits per heavy atom. The van der Waals surface area contributed by atoms with Crippen molar-refractivity contribution in [3.05, 3.63) is 45.2 Å². The van der Waals surface area contributed by atoms with E-state index in [0.29, 0.717) is 33.8 Å². The van der Waals surface area contributed by atoms with Crippen LogP contribution in [-0.2, 0) is 16.8 Å². The Bertz CT molecular complexity index is 891. The van der Waals surface area contributed by atoms with E-state index in [1.807, 2.05) is 10.2 Å². The summed E-state index contributed by atoms with van der Waals surface area (Å²) in [6.07, 6.45) is 2.93. The number of hydrogen-bond acceptors (Lipinski definition) is 4. The van der Waals surface area contributed by atoms with Gasteiger partial charge in [-0.05, 0) is 63.8 Å². The number of rotatable bonds is 5. The zero-order chi connectivity index (χ0) is 19.5. The lowest BCUT2D eigenvalue weighted by Gasteiger charge is -2.19. The van der Waals surface area contributed by atoms with Gasteiger partial charge in [-0.25, -0.2) is 0 Å². The lowest BCUT2D eigenvalue weighted by molar-refractivity contribution is -0.116. The summed E-state index contributed by atoms with van der Waals surface area (Å²) in [5.41, 5.74) is 1.06. The van der Waals surface area contributed by atoms with Gasteiger partial charge in [-0.2, -0.15) is 4.99 Å². The van der Waals surface area contributed by atoms with Gasteiger partial charge in [-0.1, -0.05) is 11.6 Å². The Hall–Kier alpha value is -1.92. The van der Waals surface area contributed by atoms with E-state index in [9.17, 15) is 9.59 Å². The van der Waals surface area contributed by atoms with Crippen molar-refractivity contribution in [3.63, 3.8) is 0 Å². The number of amides is 1. The second-order valence-electron chi connectivity index (χ2n) is 7.01. The molecule has 1 heterocycles. The summed E-state index contributed by atoms with van der Waals surface area (Å²) in [7, 11) is 1.50. The van der Waals surface area contributed by atoms with Crippen molar-refractivity contribution in [2.24, 2.45) is 4.99 Å². The average Bonchev–Trinajstić information content (AvgIpc) is 2.96. The number of methoxy groups -OCH3 is 1. The largest absolute Gasteiger partial charge is 0.496 e. The molecular formula is C19H23ClN2O3S. The Balaban J connectivity index is 2.51. The van der Waals surface area contributed by atoms with E-state index < -0.39 is 5.91 Å². The van der Waals surface area contributed by atoms with Crippen LogP contribution in [0.15, 0.2) is 29.4 Å². The van der Waals surface area contributed by atoms with E-state index >= 15 is 0 Å². The van der Waals surface area contributed by atoms with E-state index in [1.54, 1.807) is 25.1 Å². The fourth-order valence-corrected chi connectivity index (χ4v) is 3.49. The van der Waals surface area contributed by atoms with Crippen LogP contribution in [0.2, 0.25) is 5.02 Å². The molecule has 0 unspecified atom stereocenters. The first-order chi connectivity index (χ1) is 12.1. The van der Waals surface area contributed by atoms with Crippen molar-refractivity contribution >= 4 is 34.8 Å². The number of ether oxygens (including phenoxy) is 1.